The van der Waals surface area contributed by atoms with Gasteiger partial charge in [0.2, 0.25) is 0 Å². The number of benzene rings is 1. The van der Waals surface area contributed by atoms with Crippen LogP contribution in [0.1, 0.15) is 24.5 Å². The Morgan fingerprint density at radius 1 is 1.42 bits per heavy atom. The quantitative estimate of drug-likeness (QED) is 0.867. The first-order chi connectivity index (χ1) is 9.25. The molecule has 0 bridgehead atoms. The Bertz CT molecular complexity index is 571. The van der Waals surface area contributed by atoms with Gasteiger partial charge in [-0.05, 0) is 37.1 Å². The molecular formula is C15H19N3O. The molecule has 2 N–H and O–H groups in total. The van der Waals surface area contributed by atoms with Crippen molar-refractivity contribution in [2.75, 3.05) is 13.1 Å². The van der Waals surface area contributed by atoms with Gasteiger partial charge < -0.3 is 10.4 Å². The van der Waals surface area contributed by atoms with Gasteiger partial charge in [-0.1, -0.05) is 12.1 Å². The van der Waals surface area contributed by atoms with Crippen LogP contribution in [-0.4, -0.2) is 28.0 Å². The highest BCUT2D eigenvalue weighted by molar-refractivity contribution is 5.67. The first-order valence-electron chi connectivity index (χ1n) is 6.77. The smallest absolute Gasteiger partial charge is 0.116 e. The van der Waals surface area contributed by atoms with Gasteiger partial charge in [0.15, 0.2) is 0 Å². The van der Waals surface area contributed by atoms with E-state index in [1.54, 1.807) is 12.1 Å². The molecule has 1 aromatic carbocycles. The molecule has 1 unspecified atom stereocenters. The summed E-state index contributed by atoms with van der Waals surface area (Å²) in [6, 6.07) is 7.40. The van der Waals surface area contributed by atoms with Gasteiger partial charge in [0.1, 0.15) is 5.75 Å². The van der Waals surface area contributed by atoms with Crippen molar-refractivity contribution < 1.29 is 5.11 Å². The molecule has 1 fully saturated rings. The van der Waals surface area contributed by atoms with E-state index in [1.807, 2.05) is 30.1 Å². The van der Waals surface area contributed by atoms with Crippen molar-refractivity contribution in [3.05, 3.63) is 36.2 Å². The van der Waals surface area contributed by atoms with Crippen LogP contribution in [0.2, 0.25) is 0 Å². The number of aryl methyl sites for hydroxylation is 1. The van der Waals surface area contributed by atoms with Crippen molar-refractivity contribution in [2.45, 2.75) is 18.8 Å². The monoisotopic (exact) mass is 257 g/mol. The molecule has 1 aliphatic rings. The molecule has 0 radical (unpaired) electrons. The number of nitrogens with zero attached hydrogens (tertiary/aromatic N) is 2. The van der Waals surface area contributed by atoms with E-state index in [2.05, 4.69) is 10.4 Å². The van der Waals surface area contributed by atoms with E-state index in [0.717, 1.165) is 24.2 Å². The fourth-order valence-electron chi connectivity index (χ4n) is 2.91. The number of nitrogens with one attached hydrogen (secondary N) is 1. The predicted molar refractivity (Wildman–Crippen MR) is 75.2 cm³/mol. The zero-order chi connectivity index (χ0) is 13.2. The second-order valence-electron chi connectivity index (χ2n) is 5.16. The van der Waals surface area contributed by atoms with E-state index in [9.17, 15) is 5.11 Å². The summed E-state index contributed by atoms with van der Waals surface area (Å²) >= 11 is 0. The maximum atomic E-state index is 9.64. The van der Waals surface area contributed by atoms with E-state index < -0.39 is 0 Å². The molecule has 0 saturated carbocycles. The number of hydrogen-bond donors (Lipinski definition) is 2. The standard InChI is InChI=1S/C15H19N3O/c1-18-15(12-5-3-7-16-9-12)14(10-17-18)11-4-2-6-13(19)8-11/h2,4,6,8,10,12,16,19H,3,5,7,9H2,1H3. The van der Waals surface area contributed by atoms with Gasteiger partial charge in [-0.25, -0.2) is 0 Å². The summed E-state index contributed by atoms with van der Waals surface area (Å²) in [4.78, 5) is 0. The summed E-state index contributed by atoms with van der Waals surface area (Å²) < 4.78 is 1.97. The van der Waals surface area contributed by atoms with Crippen molar-refractivity contribution in [1.29, 1.82) is 0 Å². The van der Waals surface area contributed by atoms with Gasteiger partial charge in [-0.3, -0.25) is 4.68 Å². The van der Waals surface area contributed by atoms with Crippen molar-refractivity contribution in [3.63, 3.8) is 0 Å². The molecule has 1 atom stereocenters. The van der Waals surface area contributed by atoms with Crippen LogP contribution in [0.15, 0.2) is 30.5 Å². The second kappa shape index (κ2) is 5.05. The van der Waals surface area contributed by atoms with Crippen LogP contribution in [0, 0.1) is 0 Å². The normalized spacial score (nSPS) is 19.5. The van der Waals surface area contributed by atoms with Crippen LogP contribution in [-0.2, 0) is 7.05 Å². The number of hydrogen-bond acceptors (Lipinski definition) is 3. The summed E-state index contributed by atoms with van der Waals surface area (Å²) in [6.45, 7) is 2.11. The molecule has 19 heavy (non-hydrogen) atoms. The number of piperidine rings is 1. The summed E-state index contributed by atoms with van der Waals surface area (Å²) in [5.41, 5.74) is 3.43. The highest BCUT2D eigenvalue weighted by atomic mass is 16.3. The number of phenols is 1. The molecule has 2 aromatic rings. The summed E-state index contributed by atoms with van der Waals surface area (Å²) in [7, 11) is 2.00. The minimum atomic E-state index is 0.300. The molecular weight excluding hydrogens is 238 g/mol. The largest absolute Gasteiger partial charge is 0.508 e. The third kappa shape index (κ3) is 2.36. The maximum absolute atomic E-state index is 9.64. The highest BCUT2D eigenvalue weighted by Crippen LogP contribution is 2.33. The molecule has 4 nitrogen and oxygen atoms in total. The zero-order valence-corrected chi connectivity index (χ0v) is 11.1. The Morgan fingerprint density at radius 3 is 3.05 bits per heavy atom. The van der Waals surface area contributed by atoms with Crippen molar-refractivity contribution >= 4 is 0 Å². The van der Waals surface area contributed by atoms with E-state index in [0.29, 0.717) is 11.7 Å². The first-order valence-corrected chi connectivity index (χ1v) is 6.77. The van der Waals surface area contributed by atoms with Gasteiger partial charge in [0, 0.05) is 25.1 Å². The third-order valence-corrected chi connectivity index (χ3v) is 3.83. The minimum Gasteiger partial charge on any atom is -0.508 e. The molecule has 1 aliphatic heterocycles. The van der Waals surface area contributed by atoms with Gasteiger partial charge in [-0.15, -0.1) is 0 Å². The Kier molecular flexibility index (Phi) is 3.25. The van der Waals surface area contributed by atoms with Crippen LogP contribution in [0.3, 0.4) is 0 Å². The molecule has 2 heterocycles. The molecule has 3 rings (SSSR count). The average Bonchev–Trinajstić information content (AvgIpc) is 2.82. The van der Waals surface area contributed by atoms with Crippen molar-refractivity contribution in [3.8, 4) is 16.9 Å². The lowest BCUT2D eigenvalue weighted by molar-refractivity contribution is 0.442. The highest BCUT2D eigenvalue weighted by Gasteiger charge is 2.22. The van der Waals surface area contributed by atoms with Crippen LogP contribution in [0.4, 0.5) is 0 Å². The molecule has 4 heteroatoms. The lowest BCUT2D eigenvalue weighted by atomic mass is 9.91. The Hall–Kier alpha value is -1.81. The number of aromatic hydroxyl groups is 1. The first kappa shape index (κ1) is 12.2. The molecule has 0 spiro atoms. The number of aromatic nitrogens is 2. The topological polar surface area (TPSA) is 50.1 Å². The molecule has 0 aliphatic carbocycles. The fourth-order valence-corrected chi connectivity index (χ4v) is 2.91. The van der Waals surface area contributed by atoms with Gasteiger partial charge >= 0.3 is 0 Å². The van der Waals surface area contributed by atoms with E-state index in [-0.39, 0.29) is 0 Å². The van der Waals surface area contributed by atoms with E-state index in [4.69, 9.17) is 0 Å². The van der Waals surface area contributed by atoms with Gasteiger partial charge in [0.05, 0.1) is 11.9 Å². The Morgan fingerprint density at radius 2 is 2.32 bits per heavy atom. The fraction of sp³-hybridized carbons (Fsp3) is 0.400. The third-order valence-electron chi connectivity index (χ3n) is 3.83. The van der Waals surface area contributed by atoms with Gasteiger partial charge in [0.25, 0.3) is 0 Å². The number of phenolic OH excluding ortho intramolecular Hbond substituents is 1. The van der Waals surface area contributed by atoms with Crippen molar-refractivity contribution in [1.82, 2.24) is 15.1 Å². The summed E-state index contributed by atoms with van der Waals surface area (Å²) in [5.74, 6) is 0.799. The summed E-state index contributed by atoms with van der Waals surface area (Å²) in [6.07, 6.45) is 4.30. The Balaban J connectivity index is 2.02. The maximum Gasteiger partial charge on any atom is 0.116 e. The second-order valence-corrected chi connectivity index (χ2v) is 5.16. The van der Waals surface area contributed by atoms with Crippen molar-refractivity contribution in [2.24, 2.45) is 7.05 Å². The van der Waals surface area contributed by atoms with Crippen LogP contribution >= 0.6 is 0 Å². The Labute approximate surface area is 113 Å². The van der Waals surface area contributed by atoms with Crippen LogP contribution in [0.25, 0.3) is 11.1 Å². The average molecular weight is 257 g/mol. The summed E-state index contributed by atoms with van der Waals surface area (Å²) in [5, 5.41) is 17.5. The molecule has 1 aromatic heterocycles. The van der Waals surface area contributed by atoms with Crippen LogP contribution < -0.4 is 5.32 Å². The lowest BCUT2D eigenvalue weighted by Gasteiger charge is -2.24. The molecule has 1 saturated heterocycles. The molecule has 0 amide bonds. The number of rotatable bonds is 2. The zero-order valence-electron chi connectivity index (χ0n) is 11.1. The molecule has 100 valence electrons. The van der Waals surface area contributed by atoms with Crippen LogP contribution in [0.5, 0.6) is 5.75 Å². The lowest BCUT2D eigenvalue weighted by Crippen LogP contribution is -2.29. The SMILES string of the molecule is Cn1ncc(-c2cccc(O)c2)c1C1CCCNC1. The van der Waals surface area contributed by atoms with E-state index >= 15 is 0 Å². The predicted octanol–water partition coefficient (Wildman–Crippen LogP) is 2.26. The van der Waals surface area contributed by atoms with E-state index in [1.165, 1.54) is 18.5 Å². The minimum absolute atomic E-state index is 0.300. The van der Waals surface area contributed by atoms with Gasteiger partial charge in [-0.2, -0.15) is 5.10 Å².